The Morgan fingerprint density at radius 1 is 1.65 bits per heavy atom. The number of pyridine rings is 1. The standard InChI is InChI=1S/C11H14ClFN2O2/c1-11(2,3-4-16)15-10(17)8-5-7(13)6-14-9(8)12/h5-6,16H,3-4H2,1-2H3,(H,15,17). The summed E-state index contributed by atoms with van der Waals surface area (Å²) in [5.74, 6) is -1.14. The lowest BCUT2D eigenvalue weighted by Crippen LogP contribution is -2.44. The van der Waals surface area contributed by atoms with Crippen molar-refractivity contribution < 1.29 is 14.3 Å². The highest BCUT2D eigenvalue weighted by molar-refractivity contribution is 6.32. The molecule has 0 saturated heterocycles. The number of carbonyl (C=O) groups excluding carboxylic acids is 1. The summed E-state index contributed by atoms with van der Waals surface area (Å²) in [6, 6.07) is 1.03. The molecule has 0 bridgehead atoms. The van der Waals surface area contributed by atoms with Crippen molar-refractivity contribution >= 4 is 17.5 Å². The van der Waals surface area contributed by atoms with Crippen LogP contribution >= 0.6 is 11.6 Å². The second kappa shape index (κ2) is 5.42. The lowest BCUT2D eigenvalue weighted by Gasteiger charge is -2.25. The van der Waals surface area contributed by atoms with Crippen LogP contribution in [0.1, 0.15) is 30.6 Å². The van der Waals surface area contributed by atoms with Crippen molar-refractivity contribution in [2.24, 2.45) is 0 Å². The van der Waals surface area contributed by atoms with E-state index < -0.39 is 17.3 Å². The van der Waals surface area contributed by atoms with Gasteiger partial charge in [0.1, 0.15) is 11.0 Å². The Balaban J connectivity index is 2.86. The van der Waals surface area contributed by atoms with Gasteiger partial charge in [0, 0.05) is 12.1 Å². The lowest BCUT2D eigenvalue weighted by atomic mass is 10.0. The third-order valence-electron chi connectivity index (χ3n) is 2.24. The molecule has 1 heterocycles. The highest BCUT2D eigenvalue weighted by atomic mass is 35.5. The molecule has 0 atom stereocenters. The van der Waals surface area contributed by atoms with Crippen molar-refractivity contribution in [3.63, 3.8) is 0 Å². The molecule has 94 valence electrons. The van der Waals surface area contributed by atoms with E-state index in [2.05, 4.69) is 10.3 Å². The van der Waals surface area contributed by atoms with Crippen molar-refractivity contribution in [1.82, 2.24) is 10.3 Å². The number of hydrogen-bond donors (Lipinski definition) is 2. The van der Waals surface area contributed by atoms with Gasteiger partial charge in [-0.1, -0.05) is 11.6 Å². The molecule has 6 heteroatoms. The number of halogens is 2. The maximum absolute atomic E-state index is 12.9. The van der Waals surface area contributed by atoms with Gasteiger partial charge in [0.25, 0.3) is 5.91 Å². The van der Waals surface area contributed by atoms with Gasteiger partial charge in [0.05, 0.1) is 11.8 Å². The van der Waals surface area contributed by atoms with E-state index in [4.69, 9.17) is 16.7 Å². The Labute approximate surface area is 104 Å². The second-order valence-electron chi connectivity index (χ2n) is 4.30. The van der Waals surface area contributed by atoms with Crippen LogP contribution in [-0.2, 0) is 0 Å². The third kappa shape index (κ3) is 3.94. The average Bonchev–Trinajstić information content (AvgIpc) is 2.20. The molecule has 4 nitrogen and oxygen atoms in total. The zero-order valence-corrected chi connectivity index (χ0v) is 10.4. The Morgan fingerprint density at radius 3 is 2.88 bits per heavy atom. The predicted molar refractivity (Wildman–Crippen MR) is 62.5 cm³/mol. The minimum Gasteiger partial charge on any atom is -0.396 e. The number of amides is 1. The molecule has 0 aromatic carbocycles. The van der Waals surface area contributed by atoms with E-state index >= 15 is 0 Å². The number of hydrogen-bond acceptors (Lipinski definition) is 3. The van der Waals surface area contributed by atoms with Gasteiger partial charge in [-0.3, -0.25) is 4.79 Å². The molecule has 1 amide bonds. The fraction of sp³-hybridized carbons (Fsp3) is 0.455. The fourth-order valence-electron chi connectivity index (χ4n) is 1.30. The van der Waals surface area contributed by atoms with Crippen molar-refractivity contribution in [3.8, 4) is 0 Å². The van der Waals surface area contributed by atoms with Crippen LogP contribution in [0.25, 0.3) is 0 Å². The largest absolute Gasteiger partial charge is 0.396 e. The maximum atomic E-state index is 12.9. The number of aromatic nitrogens is 1. The molecule has 0 aliphatic carbocycles. The molecule has 17 heavy (non-hydrogen) atoms. The monoisotopic (exact) mass is 260 g/mol. The zero-order chi connectivity index (χ0) is 13.1. The SMILES string of the molecule is CC(C)(CCO)NC(=O)c1cc(F)cnc1Cl. The molecule has 0 saturated carbocycles. The Morgan fingerprint density at radius 2 is 2.29 bits per heavy atom. The Kier molecular flexibility index (Phi) is 4.42. The minimum atomic E-state index is -0.625. The summed E-state index contributed by atoms with van der Waals surface area (Å²) in [5.41, 5.74) is -0.612. The van der Waals surface area contributed by atoms with Crippen LogP contribution in [0, 0.1) is 5.82 Å². The number of aliphatic hydroxyl groups excluding tert-OH is 1. The molecule has 2 N–H and O–H groups in total. The highest BCUT2D eigenvalue weighted by Gasteiger charge is 2.22. The average molecular weight is 261 g/mol. The summed E-state index contributed by atoms with van der Waals surface area (Å²) in [7, 11) is 0. The van der Waals surface area contributed by atoms with E-state index in [-0.39, 0.29) is 17.3 Å². The smallest absolute Gasteiger partial charge is 0.254 e. The van der Waals surface area contributed by atoms with Crippen molar-refractivity contribution in [3.05, 3.63) is 28.8 Å². The molecule has 1 aromatic rings. The summed E-state index contributed by atoms with van der Waals surface area (Å²) >= 11 is 5.71. The maximum Gasteiger partial charge on any atom is 0.254 e. The van der Waals surface area contributed by atoms with Gasteiger partial charge < -0.3 is 10.4 Å². The van der Waals surface area contributed by atoms with Crippen molar-refractivity contribution in [2.75, 3.05) is 6.61 Å². The van der Waals surface area contributed by atoms with Crippen LogP contribution in [-0.4, -0.2) is 28.1 Å². The fourth-order valence-corrected chi connectivity index (χ4v) is 1.49. The van der Waals surface area contributed by atoms with Crippen LogP contribution in [0.15, 0.2) is 12.3 Å². The molecule has 0 aliphatic rings. The van der Waals surface area contributed by atoms with E-state index in [0.717, 1.165) is 12.3 Å². The summed E-state index contributed by atoms with van der Waals surface area (Å²) in [5, 5.41) is 11.4. The summed E-state index contributed by atoms with van der Waals surface area (Å²) < 4.78 is 12.9. The first-order valence-corrected chi connectivity index (χ1v) is 5.48. The van der Waals surface area contributed by atoms with Crippen molar-refractivity contribution in [1.29, 1.82) is 0 Å². The van der Waals surface area contributed by atoms with Crippen molar-refractivity contribution in [2.45, 2.75) is 25.8 Å². The van der Waals surface area contributed by atoms with Crippen LogP contribution < -0.4 is 5.32 Å². The van der Waals surface area contributed by atoms with Crippen LogP contribution in [0.3, 0.4) is 0 Å². The van der Waals surface area contributed by atoms with Gasteiger partial charge in [0.2, 0.25) is 0 Å². The van der Waals surface area contributed by atoms with E-state index in [1.54, 1.807) is 13.8 Å². The topological polar surface area (TPSA) is 62.2 Å². The highest BCUT2D eigenvalue weighted by Crippen LogP contribution is 2.16. The molecule has 0 aliphatic heterocycles. The minimum absolute atomic E-state index is 0.0160. The number of rotatable bonds is 4. The first kappa shape index (κ1) is 13.9. The predicted octanol–water partition coefficient (Wildman–Crippen LogP) is 1.76. The molecule has 0 radical (unpaired) electrons. The van der Waals surface area contributed by atoms with Crippen LogP contribution in [0.4, 0.5) is 4.39 Å². The van der Waals surface area contributed by atoms with E-state index in [0.29, 0.717) is 6.42 Å². The molecule has 0 unspecified atom stereocenters. The number of nitrogens with one attached hydrogen (secondary N) is 1. The van der Waals surface area contributed by atoms with E-state index in [1.807, 2.05) is 0 Å². The summed E-state index contributed by atoms with van der Waals surface area (Å²) in [6.45, 7) is 3.45. The van der Waals surface area contributed by atoms with Gasteiger partial charge in [-0.2, -0.15) is 0 Å². The Bertz CT molecular complexity index is 424. The molecule has 1 rings (SSSR count). The third-order valence-corrected chi connectivity index (χ3v) is 2.54. The number of nitrogens with zero attached hydrogens (tertiary/aromatic N) is 1. The zero-order valence-electron chi connectivity index (χ0n) is 9.63. The van der Waals surface area contributed by atoms with Gasteiger partial charge >= 0.3 is 0 Å². The summed E-state index contributed by atoms with van der Waals surface area (Å²) in [4.78, 5) is 15.4. The quantitative estimate of drug-likeness (QED) is 0.811. The normalized spacial score (nSPS) is 11.4. The Hall–Kier alpha value is -1.20. The summed E-state index contributed by atoms with van der Waals surface area (Å²) in [6.07, 6.45) is 1.33. The molecule has 0 spiro atoms. The number of aliphatic hydroxyl groups is 1. The lowest BCUT2D eigenvalue weighted by molar-refractivity contribution is 0.0899. The van der Waals surface area contributed by atoms with Gasteiger partial charge in [-0.05, 0) is 26.3 Å². The van der Waals surface area contributed by atoms with Crippen LogP contribution in [0.5, 0.6) is 0 Å². The number of carbonyl (C=O) groups is 1. The molecular weight excluding hydrogens is 247 g/mol. The van der Waals surface area contributed by atoms with E-state index in [9.17, 15) is 9.18 Å². The van der Waals surface area contributed by atoms with Gasteiger partial charge in [-0.25, -0.2) is 9.37 Å². The van der Waals surface area contributed by atoms with Gasteiger partial charge in [-0.15, -0.1) is 0 Å². The van der Waals surface area contributed by atoms with Crippen LogP contribution in [0.2, 0.25) is 5.15 Å². The molecular formula is C11H14ClFN2O2. The molecule has 0 fully saturated rings. The first-order chi connectivity index (χ1) is 7.85. The molecule has 1 aromatic heterocycles. The van der Waals surface area contributed by atoms with Gasteiger partial charge in [0.15, 0.2) is 0 Å². The second-order valence-corrected chi connectivity index (χ2v) is 4.66. The first-order valence-electron chi connectivity index (χ1n) is 5.10. The van der Waals surface area contributed by atoms with E-state index in [1.165, 1.54) is 0 Å².